The summed E-state index contributed by atoms with van der Waals surface area (Å²) in [7, 11) is 1.40. The van der Waals surface area contributed by atoms with Gasteiger partial charge in [-0.25, -0.2) is 0 Å². The number of carbonyl (C=O) groups excluding carboxylic acids is 1. The van der Waals surface area contributed by atoms with Crippen molar-refractivity contribution in [3.05, 3.63) is 5.56 Å². The molecule has 0 saturated carbocycles. The smallest absolute Gasteiger partial charge is 0.382 e. The lowest BCUT2D eigenvalue weighted by Crippen LogP contribution is -2.21. The van der Waals surface area contributed by atoms with Crippen molar-refractivity contribution in [2.24, 2.45) is 0 Å². The molecule has 0 atom stereocenters. The minimum atomic E-state index is -4.24. The Morgan fingerprint density at radius 2 is 2.18 bits per heavy atom. The van der Waals surface area contributed by atoms with Gasteiger partial charge in [0.05, 0.1) is 6.42 Å². The molecule has 5 nitrogen and oxygen atoms in total. The van der Waals surface area contributed by atoms with Gasteiger partial charge in [0.25, 0.3) is 5.91 Å². The summed E-state index contributed by atoms with van der Waals surface area (Å²) in [5.41, 5.74) is 5.53. The Labute approximate surface area is 99.4 Å². The second-order valence-electron chi connectivity index (χ2n) is 3.14. The second-order valence-corrected chi connectivity index (χ2v) is 3.92. The van der Waals surface area contributed by atoms with E-state index >= 15 is 0 Å². The number of alkyl halides is 3. The van der Waals surface area contributed by atoms with Gasteiger partial charge in [0, 0.05) is 13.6 Å². The van der Waals surface area contributed by atoms with Crippen molar-refractivity contribution in [2.75, 3.05) is 24.6 Å². The number of aromatic nitrogens is 1. The first-order valence-electron chi connectivity index (χ1n) is 4.63. The van der Waals surface area contributed by atoms with Crippen molar-refractivity contribution in [1.82, 2.24) is 9.69 Å². The zero-order valence-electron chi connectivity index (χ0n) is 8.89. The highest BCUT2D eigenvalue weighted by atomic mass is 32.1. The van der Waals surface area contributed by atoms with Crippen LogP contribution in [0.1, 0.15) is 16.8 Å². The summed E-state index contributed by atoms with van der Waals surface area (Å²) in [6.45, 7) is -0.324. The van der Waals surface area contributed by atoms with Crippen LogP contribution in [0.4, 0.5) is 24.0 Å². The summed E-state index contributed by atoms with van der Waals surface area (Å²) < 4.78 is 39.5. The number of hydrogen-bond donors (Lipinski definition) is 3. The maximum absolute atomic E-state index is 11.9. The second kappa shape index (κ2) is 5.21. The quantitative estimate of drug-likeness (QED) is 0.772. The number of nitrogens with zero attached hydrogens (tertiary/aromatic N) is 1. The lowest BCUT2D eigenvalue weighted by molar-refractivity contribution is -0.131. The van der Waals surface area contributed by atoms with Gasteiger partial charge in [0.2, 0.25) is 0 Å². The molecule has 1 heterocycles. The van der Waals surface area contributed by atoms with E-state index in [-0.39, 0.29) is 22.9 Å². The number of halogens is 3. The number of nitrogen functional groups attached to an aromatic ring is 1. The van der Waals surface area contributed by atoms with E-state index in [0.29, 0.717) is 0 Å². The van der Waals surface area contributed by atoms with Crippen LogP contribution in [0.3, 0.4) is 0 Å². The standard InChI is InChI=1S/C8H11F3N4OS/c1-13-6(16)4-5(12)15-17-7(4)14-3-2-8(9,10)11/h14H,2-3H2,1H3,(H2,12,15)(H,13,16). The lowest BCUT2D eigenvalue weighted by atomic mass is 10.3. The Morgan fingerprint density at radius 3 is 2.71 bits per heavy atom. The number of hydrogen-bond acceptors (Lipinski definition) is 5. The van der Waals surface area contributed by atoms with Crippen molar-refractivity contribution < 1.29 is 18.0 Å². The third-order valence-corrected chi connectivity index (χ3v) is 2.69. The molecule has 0 aliphatic heterocycles. The van der Waals surface area contributed by atoms with E-state index < -0.39 is 18.5 Å². The molecule has 0 fully saturated rings. The first-order valence-corrected chi connectivity index (χ1v) is 5.40. The van der Waals surface area contributed by atoms with E-state index in [1.165, 1.54) is 7.05 Å². The van der Waals surface area contributed by atoms with Crippen LogP contribution in [0.25, 0.3) is 0 Å². The summed E-state index contributed by atoms with van der Waals surface area (Å²) >= 11 is 0.856. The van der Waals surface area contributed by atoms with Gasteiger partial charge in [-0.2, -0.15) is 17.5 Å². The Bertz CT molecular complexity index is 404. The molecular weight excluding hydrogens is 257 g/mol. The van der Waals surface area contributed by atoms with Gasteiger partial charge in [-0.05, 0) is 11.5 Å². The topological polar surface area (TPSA) is 80.0 Å². The average molecular weight is 268 g/mol. The third-order valence-electron chi connectivity index (χ3n) is 1.87. The predicted molar refractivity (Wildman–Crippen MR) is 59.1 cm³/mol. The van der Waals surface area contributed by atoms with Gasteiger partial charge in [-0.3, -0.25) is 4.79 Å². The first kappa shape index (κ1) is 13.6. The van der Waals surface area contributed by atoms with Crippen molar-refractivity contribution in [3.63, 3.8) is 0 Å². The molecule has 0 unspecified atom stereocenters. The van der Waals surface area contributed by atoms with Gasteiger partial charge < -0.3 is 16.4 Å². The fourth-order valence-corrected chi connectivity index (χ4v) is 1.82. The molecular formula is C8H11F3N4OS. The highest BCUT2D eigenvalue weighted by molar-refractivity contribution is 7.11. The SMILES string of the molecule is CNC(=O)c1c(N)nsc1NCCC(F)(F)F. The Morgan fingerprint density at radius 1 is 1.53 bits per heavy atom. The summed E-state index contributed by atoms with van der Waals surface area (Å²) in [6.07, 6.45) is -5.23. The van der Waals surface area contributed by atoms with Crippen LogP contribution in [0.15, 0.2) is 0 Å². The Kier molecular flexibility index (Phi) is 4.16. The van der Waals surface area contributed by atoms with Crippen LogP contribution in [0.2, 0.25) is 0 Å². The molecule has 0 radical (unpaired) electrons. The molecule has 1 rings (SSSR count). The normalized spacial score (nSPS) is 11.3. The summed E-state index contributed by atoms with van der Waals surface area (Å²) in [4.78, 5) is 11.4. The number of carbonyl (C=O) groups is 1. The molecule has 96 valence electrons. The van der Waals surface area contributed by atoms with Crippen LogP contribution in [-0.2, 0) is 0 Å². The average Bonchev–Trinajstić information content (AvgIpc) is 2.57. The minimum absolute atomic E-state index is 0.00357. The van der Waals surface area contributed by atoms with Crippen LogP contribution in [0, 0.1) is 0 Å². The lowest BCUT2D eigenvalue weighted by Gasteiger charge is -2.08. The highest BCUT2D eigenvalue weighted by Gasteiger charge is 2.27. The van der Waals surface area contributed by atoms with Crippen molar-refractivity contribution in [1.29, 1.82) is 0 Å². The van der Waals surface area contributed by atoms with Crippen molar-refractivity contribution >= 4 is 28.3 Å². The molecule has 1 aromatic rings. The monoisotopic (exact) mass is 268 g/mol. The van der Waals surface area contributed by atoms with Gasteiger partial charge >= 0.3 is 6.18 Å². The molecule has 0 aliphatic rings. The van der Waals surface area contributed by atoms with E-state index in [1.54, 1.807) is 0 Å². The summed E-state index contributed by atoms with van der Waals surface area (Å²) in [6, 6.07) is 0. The van der Waals surface area contributed by atoms with Crippen molar-refractivity contribution in [2.45, 2.75) is 12.6 Å². The summed E-state index contributed by atoms with van der Waals surface area (Å²) in [5, 5.41) is 5.08. The van der Waals surface area contributed by atoms with Gasteiger partial charge in [0.15, 0.2) is 5.82 Å². The van der Waals surface area contributed by atoms with Crippen LogP contribution >= 0.6 is 11.5 Å². The molecule has 0 spiro atoms. The predicted octanol–water partition coefficient (Wildman–Crippen LogP) is 1.45. The number of amides is 1. The van der Waals surface area contributed by atoms with E-state index in [9.17, 15) is 18.0 Å². The van der Waals surface area contributed by atoms with Gasteiger partial charge in [-0.15, -0.1) is 0 Å². The fraction of sp³-hybridized carbons (Fsp3) is 0.500. The maximum Gasteiger partial charge on any atom is 0.390 e. The van der Waals surface area contributed by atoms with E-state index in [4.69, 9.17) is 5.73 Å². The first-order chi connectivity index (χ1) is 7.85. The largest absolute Gasteiger partial charge is 0.390 e. The van der Waals surface area contributed by atoms with Gasteiger partial charge in [0.1, 0.15) is 10.6 Å². The third kappa shape index (κ3) is 3.77. The highest BCUT2D eigenvalue weighted by Crippen LogP contribution is 2.27. The molecule has 9 heteroatoms. The fourth-order valence-electron chi connectivity index (χ4n) is 1.09. The Balaban J connectivity index is 2.69. The number of rotatable bonds is 4. The maximum atomic E-state index is 11.9. The van der Waals surface area contributed by atoms with Crippen LogP contribution in [0.5, 0.6) is 0 Å². The van der Waals surface area contributed by atoms with Crippen LogP contribution in [-0.4, -0.2) is 30.0 Å². The zero-order chi connectivity index (χ0) is 13.1. The number of nitrogens with two attached hydrogens (primary N) is 1. The molecule has 1 amide bonds. The molecule has 0 aromatic carbocycles. The molecule has 17 heavy (non-hydrogen) atoms. The number of anilines is 2. The molecule has 0 bridgehead atoms. The Hall–Kier alpha value is -1.51. The minimum Gasteiger partial charge on any atom is -0.382 e. The van der Waals surface area contributed by atoms with Gasteiger partial charge in [-0.1, -0.05) is 0 Å². The number of nitrogens with one attached hydrogen (secondary N) is 2. The van der Waals surface area contributed by atoms with E-state index in [2.05, 4.69) is 15.0 Å². The molecule has 0 saturated heterocycles. The zero-order valence-corrected chi connectivity index (χ0v) is 9.71. The molecule has 1 aromatic heterocycles. The molecule has 0 aliphatic carbocycles. The molecule has 4 N–H and O–H groups in total. The van der Waals surface area contributed by atoms with Crippen molar-refractivity contribution in [3.8, 4) is 0 Å². The summed E-state index contributed by atoms with van der Waals surface area (Å²) in [5.74, 6) is -0.477. The van der Waals surface area contributed by atoms with Crippen LogP contribution < -0.4 is 16.4 Å². The van der Waals surface area contributed by atoms with E-state index in [1.807, 2.05) is 0 Å². The van der Waals surface area contributed by atoms with E-state index in [0.717, 1.165) is 11.5 Å².